The molecule has 1 fully saturated rings. The molecule has 0 radical (unpaired) electrons. The molecule has 0 bridgehead atoms. The molecule has 0 spiro atoms. The van der Waals surface area contributed by atoms with Crippen LogP contribution in [0.4, 0.5) is 5.69 Å². The summed E-state index contributed by atoms with van der Waals surface area (Å²) in [6.45, 7) is 6.38. The number of thiocarbonyl (C=S) groups is 1. The van der Waals surface area contributed by atoms with Crippen molar-refractivity contribution < 1.29 is 4.74 Å². The molecule has 7 heteroatoms. The molecule has 2 aromatic heterocycles. The normalized spacial score (nSPS) is 17.5. The van der Waals surface area contributed by atoms with Gasteiger partial charge in [0.25, 0.3) is 0 Å². The van der Waals surface area contributed by atoms with Crippen LogP contribution in [0.5, 0.6) is 5.75 Å². The van der Waals surface area contributed by atoms with Crippen LogP contribution in [0.1, 0.15) is 40.3 Å². The highest BCUT2D eigenvalue weighted by Gasteiger charge is 2.43. The third kappa shape index (κ3) is 4.07. The minimum Gasteiger partial charge on any atom is -0.495 e. The van der Waals surface area contributed by atoms with Crippen molar-refractivity contribution in [2.45, 2.75) is 32.9 Å². The summed E-state index contributed by atoms with van der Waals surface area (Å²) in [6.07, 6.45) is 1.82. The number of hydrogen-bond acceptors (Lipinski definition) is 3. The molecule has 0 aliphatic carbocycles. The Balaban J connectivity index is 1.72. The molecule has 5 nitrogen and oxygen atoms in total. The Hall–Kier alpha value is -3.35. The molecule has 0 amide bonds. The Kier molecular flexibility index (Phi) is 6.26. The summed E-state index contributed by atoms with van der Waals surface area (Å²) < 4.78 is 8.00. The average molecular weight is 503 g/mol. The Morgan fingerprint density at radius 2 is 1.74 bits per heavy atom. The van der Waals surface area contributed by atoms with Crippen molar-refractivity contribution in [2.24, 2.45) is 0 Å². The molecule has 1 aliphatic heterocycles. The van der Waals surface area contributed by atoms with E-state index in [0.29, 0.717) is 10.1 Å². The minimum absolute atomic E-state index is 0.131. The predicted octanol–water partition coefficient (Wildman–Crippen LogP) is 6.64. The van der Waals surface area contributed by atoms with E-state index in [2.05, 4.69) is 52.7 Å². The van der Waals surface area contributed by atoms with Crippen LogP contribution in [0.15, 0.2) is 72.9 Å². The van der Waals surface area contributed by atoms with E-state index in [9.17, 15) is 0 Å². The Bertz CT molecular complexity index is 1400. The fourth-order valence-corrected chi connectivity index (χ4v) is 5.55. The van der Waals surface area contributed by atoms with E-state index in [0.717, 1.165) is 45.3 Å². The monoisotopic (exact) mass is 502 g/mol. The Labute approximate surface area is 216 Å². The lowest BCUT2D eigenvalue weighted by Gasteiger charge is -2.29. The van der Waals surface area contributed by atoms with Gasteiger partial charge in [-0.15, -0.1) is 0 Å². The summed E-state index contributed by atoms with van der Waals surface area (Å²) in [5, 5.41) is 4.89. The fourth-order valence-electron chi connectivity index (χ4n) is 5.04. The maximum Gasteiger partial charge on any atom is 0.174 e. The topological polar surface area (TPSA) is 42.3 Å². The van der Waals surface area contributed by atoms with E-state index in [1.807, 2.05) is 60.8 Å². The van der Waals surface area contributed by atoms with E-state index in [-0.39, 0.29) is 12.1 Å². The van der Waals surface area contributed by atoms with Gasteiger partial charge < -0.3 is 19.5 Å². The summed E-state index contributed by atoms with van der Waals surface area (Å²) in [4.78, 5) is 6.84. The van der Waals surface area contributed by atoms with E-state index in [1.165, 1.54) is 0 Å². The van der Waals surface area contributed by atoms with Gasteiger partial charge in [-0.2, -0.15) is 0 Å². The molecule has 1 aliphatic rings. The molecule has 1 N–H and O–H groups in total. The molecule has 0 unspecified atom stereocenters. The number of methoxy groups -OCH3 is 1. The van der Waals surface area contributed by atoms with Crippen molar-refractivity contribution in [3.8, 4) is 11.4 Å². The number of benzene rings is 2. The smallest absolute Gasteiger partial charge is 0.174 e. The molecule has 35 heavy (non-hydrogen) atoms. The zero-order valence-corrected chi connectivity index (χ0v) is 21.7. The van der Waals surface area contributed by atoms with Gasteiger partial charge in [-0.3, -0.25) is 4.98 Å². The number of ether oxygens (including phenoxy) is 1. The maximum atomic E-state index is 6.39. The summed E-state index contributed by atoms with van der Waals surface area (Å²) >= 11 is 12.3. The quantitative estimate of drug-likeness (QED) is 0.310. The van der Waals surface area contributed by atoms with E-state index < -0.39 is 0 Å². The molecule has 2 atom stereocenters. The van der Waals surface area contributed by atoms with Gasteiger partial charge in [-0.05, 0) is 86.6 Å². The lowest BCUT2D eigenvalue weighted by Crippen LogP contribution is -2.30. The van der Waals surface area contributed by atoms with Crippen molar-refractivity contribution in [1.29, 1.82) is 0 Å². The predicted molar refractivity (Wildman–Crippen MR) is 146 cm³/mol. The van der Waals surface area contributed by atoms with Crippen molar-refractivity contribution in [3.05, 3.63) is 106 Å². The van der Waals surface area contributed by atoms with Gasteiger partial charge in [0, 0.05) is 28.3 Å². The number of aryl methyl sites for hydroxylation is 2. The van der Waals surface area contributed by atoms with Gasteiger partial charge in [0.15, 0.2) is 5.11 Å². The molecule has 4 aromatic rings. The first kappa shape index (κ1) is 23.4. The summed E-state index contributed by atoms with van der Waals surface area (Å²) in [6, 6.07) is 21.9. The van der Waals surface area contributed by atoms with Crippen molar-refractivity contribution >= 4 is 34.6 Å². The number of nitrogens with one attached hydrogen (secondary N) is 1. The largest absolute Gasteiger partial charge is 0.495 e. The maximum absolute atomic E-state index is 6.39. The van der Waals surface area contributed by atoms with E-state index in [1.54, 1.807) is 7.11 Å². The molecule has 1 saturated heterocycles. The fraction of sp³-hybridized carbons (Fsp3) is 0.214. The highest BCUT2D eigenvalue weighted by molar-refractivity contribution is 7.80. The SMILES string of the molecule is COc1ccccc1N1C(=S)N[C@H](c2ccccn2)[C@H]1c1cc(C)n(-c2cc(Cl)ccc2C)c1C. The summed E-state index contributed by atoms with van der Waals surface area (Å²) in [7, 11) is 1.68. The number of pyridine rings is 1. The van der Waals surface area contributed by atoms with Crippen molar-refractivity contribution in [2.75, 3.05) is 12.0 Å². The first-order valence-electron chi connectivity index (χ1n) is 11.5. The lowest BCUT2D eigenvalue weighted by atomic mass is 9.96. The van der Waals surface area contributed by atoms with Crippen LogP contribution in [-0.4, -0.2) is 21.8 Å². The van der Waals surface area contributed by atoms with Crippen LogP contribution >= 0.6 is 23.8 Å². The van der Waals surface area contributed by atoms with Crippen LogP contribution in [-0.2, 0) is 0 Å². The van der Waals surface area contributed by atoms with E-state index in [4.69, 9.17) is 28.6 Å². The molecule has 178 valence electrons. The zero-order valence-electron chi connectivity index (χ0n) is 20.1. The summed E-state index contributed by atoms with van der Waals surface area (Å²) in [5.41, 5.74) is 7.50. The lowest BCUT2D eigenvalue weighted by molar-refractivity contribution is 0.414. The number of rotatable bonds is 5. The third-order valence-corrected chi connectivity index (χ3v) is 7.19. The second kappa shape index (κ2) is 9.36. The molecular formula is C28H27ClN4OS. The van der Waals surface area contributed by atoms with Crippen LogP contribution in [0.2, 0.25) is 5.02 Å². The number of aromatic nitrogens is 2. The second-order valence-electron chi connectivity index (χ2n) is 8.76. The molecular weight excluding hydrogens is 476 g/mol. The highest BCUT2D eigenvalue weighted by atomic mass is 35.5. The van der Waals surface area contributed by atoms with Crippen molar-refractivity contribution in [1.82, 2.24) is 14.9 Å². The van der Waals surface area contributed by atoms with Gasteiger partial charge in [0.05, 0.1) is 30.6 Å². The van der Waals surface area contributed by atoms with Crippen LogP contribution in [0.25, 0.3) is 5.69 Å². The third-order valence-electron chi connectivity index (χ3n) is 6.64. The minimum atomic E-state index is -0.136. The van der Waals surface area contributed by atoms with E-state index >= 15 is 0 Å². The molecule has 2 aromatic carbocycles. The van der Waals surface area contributed by atoms with Gasteiger partial charge in [-0.25, -0.2) is 0 Å². The number of anilines is 1. The Morgan fingerprint density at radius 1 is 0.971 bits per heavy atom. The van der Waals surface area contributed by atoms with Gasteiger partial charge in [0.2, 0.25) is 0 Å². The molecule has 5 rings (SSSR count). The number of hydrogen-bond donors (Lipinski definition) is 1. The van der Waals surface area contributed by atoms with Crippen LogP contribution in [0, 0.1) is 20.8 Å². The first-order chi connectivity index (χ1) is 16.9. The first-order valence-corrected chi connectivity index (χ1v) is 12.3. The molecule has 3 heterocycles. The highest BCUT2D eigenvalue weighted by Crippen LogP contribution is 2.46. The Morgan fingerprint density at radius 3 is 2.49 bits per heavy atom. The number of nitrogens with zero attached hydrogens (tertiary/aromatic N) is 3. The number of para-hydroxylation sites is 2. The van der Waals surface area contributed by atoms with Crippen LogP contribution in [0.3, 0.4) is 0 Å². The zero-order chi connectivity index (χ0) is 24.7. The molecule has 0 saturated carbocycles. The second-order valence-corrected chi connectivity index (χ2v) is 9.58. The average Bonchev–Trinajstić information content (AvgIpc) is 3.36. The van der Waals surface area contributed by atoms with Crippen LogP contribution < -0.4 is 15.0 Å². The van der Waals surface area contributed by atoms with Gasteiger partial charge in [0.1, 0.15) is 5.75 Å². The van der Waals surface area contributed by atoms with Gasteiger partial charge >= 0.3 is 0 Å². The van der Waals surface area contributed by atoms with Crippen molar-refractivity contribution in [3.63, 3.8) is 0 Å². The number of halogens is 1. The standard InChI is InChI=1S/C28H27ClN4OS/c1-17-12-13-20(29)16-24(17)32-18(2)15-21(19(32)3)27-26(22-9-7-8-14-30-22)31-28(35)33(27)23-10-5-6-11-25(23)34-4/h5-16,26-27H,1-4H3,(H,31,35)/t26-,27-/m1/s1. The van der Waals surface area contributed by atoms with Gasteiger partial charge in [-0.1, -0.05) is 35.9 Å². The summed E-state index contributed by atoms with van der Waals surface area (Å²) in [5.74, 6) is 0.766.